The van der Waals surface area contributed by atoms with Crippen molar-refractivity contribution in [1.29, 1.82) is 5.26 Å². The molecule has 25 heavy (non-hydrogen) atoms. The van der Waals surface area contributed by atoms with Crippen molar-refractivity contribution in [2.75, 3.05) is 31.3 Å². The zero-order valence-electron chi connectivity index (χ0n) is 14.7. The van der Waals surface area contributed by atoms with Gasteiger partial charge in [0, 0.05) is 25.8 Å². The Labute approximate surface area is 148 Å². The van der Waals surface area contributed by atoms with Gasteiger partial charge in [-0.1, -0.05) is 6.07 Å². The Morgan fingerprint density at radius 3 is 3.16 bits per heavy atom. The zero-order valence-corrected chi connectivity index (χ0v) is 14.7. The van der Waals surface area contributed by atoms with Crippen LogP contribution in [-0.4, -0.2) is 44.5 Å². The van der Waals surface area contributed by atoms with Gasteiger partial charge in [-0.2, -0.15) is 5.26 Å². The molecule has 134 valence electrons. The van der Waals surface area contributed by atoms with E-state index in [9.17, 15) is 10.1 Å². The van der Waals surface area contributed by atoms with E-state index in [4.69, 9.17) is 9.47 Å². The third-order valence-corrected chi connectivity index (χ3v) is 4.76. The number of hydrogen-bond acceptors (Lipinski definition) is 4. The van der Waals surface area contributed by atoms with E-state index in [1.165, 1.54) is 0 Å². The summed E-state index contributed by atoms with van der Waals surface area (Å²) >= 11 is 0. The van der Waals surface area contributed by atoms with Gasteiger partial charge in [-0.3, -0.25) is 4.90 Å². The summed E-state index contributed by atoms with van der Waals surface area (Å²) < 4.78 is 11.1. The van der Waals surface area contributed by atoms with Crippen molar-refractivity contribution in [3.8, 4) is 6.07 Å². The van der Waals surface area contributed by atoms with Crippen molar-refractivity contribution in [1.82, 2.24) is 5.32 Å². The molecule has 1 saturated heterocycles. The molecular formula is C19H25N3O3. The Bertz CT molecular complexity index is 650. The second-order valence-corrected chi connectivity index (χ2v) is 6.63. The number of carbonyl (C=O) groups excluding carboxylic acids is 1. The predicted octanol–water partition coefficient (Wildman–Crippen LogP) is 2.60. The lowest BCUT2D eigenvalue weighted by Crippen LogP contribution is -2.43. The highest BCUT2D eigenvalue weighted by Crippen LogP contribution is 2.34. The van der Waals surface area contributed by atoms with Gasteiger partial charge in [-0.15, -0.1) is 0 Å². The van der Waals surface area contributed by atoms with Crippen LogP contribution in [0.15, 0.2) is 18.2 Å². The van der Waals surface area contributed by atoms with Crippen LogP contribution < -0.4 is 10.2 Å². The summed E-state index contributed by atoms with van der Waals surface area (Å²) in [6.07, 6.45) is 3.93. The predicted molar refractivity (Wildman–Crippen MR) is 94.6 cm³/mol. The van der Waals surface area contributed by atoms with E-state index in [1.807, 2.05) is 19.1 Å². The van der Waals surface area contributed by atoms with Gasteiger partial charge in [0.15, 0.2) is 0 Å². The minimum absolute atomic E-state index is 0.0558. The van der Waals surface area contributed by atoms with E-state index in [0.717, 1.165) is 43.5 Å². The quantitative estimate of drug-likeness (QED) is 0.806. The van der Waals surface area contributed by atoms with Crippen LogP contribution in [0.25, 0.3) is 0 Å². The molecule has 2 aliphatic heterocycles. The molecule has 0 bridgehead atoms. The highest BCUT2D eigenvalue weighted by Gasteiger charge is 2.32. The Morgan fingerprint density at radius 2 is 2.40 bits per heavy atom. The molecule has 1 aromatic rings. The second-order valence-electron chi connectivity index (χ2n) is 6.63. The molecule has 1 N–H and O–H groups in total. The average molecular weight is 343 g/mol. The monoisotopic (exact) mass is 343 g/mol. The normalized spacial score (nSPS) is 21.8. The molecule has 0 saturated carbocycles. The number of rotatable bonds is 6. The first-order valence-electron chi connectivity index (χ1n) is 8.99. The Hall–Kier alpha value is -2.10. The van der Waals surface area contributed by atoms with E-state index in [0.29, 0.717) is 25.3 Å². The van der Waals surface area contributed by atoms with Gasteiger partial charge in [0.1, 0.15) is 0 Å². The van der Waals surface area contributed by atoms with Crippen LogP contribution in [0.3, 0.4) is 0 Å². The molecule has 6 heteroatoms. The van der Waals surface area contributed by atoms with Gasteiger partial charge in [-0.25, -0.2) is 4.79 Å². The molecule has 1 fully saturated rings. The lowest BCUT2D eigenvalue weighted by atomic mass is 10.0. The number of nitrogens with one attached hydrogen (secondary N) is 1. The summed E-state index contributed by atoms with van der Waals surface area (Å²) in [4.78, 5) is 14.3. The van der Waals surface area contributed by atoms with Crippen LogP contribution in [-0.2, 0) is 15.9 Å². The smallest absolute Gasteiger partial charge is 0.322 e. The first kappa shape index (κ1) is 17.7. The minimum Gasteiger partial charge on any atom is -0.379 e. The van der Waals surface area contributed by atoms with Crippen molar-refractivity contribution in [3.05, 3.63) is 29.3 Å². The average Bonchev–Trinajstić information content (AvgIpc) is 3.24. The van der Waals surface area contributed by atoms with Crippen molar-refractivity contribution >= 4 is 11.7 Å². The number of amides is 2. The number of nitriles is 1. The summed E-state index contributed by atoms with van der Waals surface area (Å²) in [5.74, 6) is 0. The van der Waals surface area contributed by atoms with Crippen molar-refractivity contribution in [2.45, 2.75) is 44.8 Å². The maximum Gasteiger partial charge on any atom is 0.322 e. The third kappa shape index (κ3) is 4.12. The highest BCUT2D eigenvalue weighted by molar-refractivity contribution is 5.95. The maximum atomic E-state index is 12.5. The summed E-state index contributed by atoms with van der Waals surface area (Å²) in [5, 5.41) is 12.2. The van der Waals surface area contributed by atoms with Crippen LogP contribution >= 0.6 is 0 Å². The van der Waals surface area contributed by atoms with Crippen molar-refractivity contribution in [3.63, 3.8) is 0 Å². The summed E-state index contributed by atoms with van der Waals surface area (Å²) in [5.41, 5.74) is 2.47. The van der Waals surface area contributed by atoms with Crippen LogP contribution in [0.1, 0.15) is 37.3 Å². The van der Waals surface area contributed by atoms with Crippen molar-refractivity contribution < 1.29 is 14.3 Å². The van der Waals surface area contributed by atoms with Crippen LogP contribution in [0.5, 0.6) is 0 Å². The van der Waals surface area contributed by atoms with Gasteiger partial charge in [0.2, 0.25) is 0 Å². The number of nitrogens with zero attached hydrogens (tertiary/aromatic N) is 2. The number of hydrogen-bond donors (Lipinski definition) is 1. The SMILES string of the molecule is CC1Cc2c(C#N)cccc2N1C(=O)NCCCOCC1CCCO1. The zero-order chi connectivity index (χ0) is 17.6. The topological polar surface area (TPSA) is 74.6 Å². The first-order chi connectivity index (χ1) is 12.2. The fourth-order valence-electron chi connectivity index (χ4n) is 3.50. The number of ether oxygens (including phenoxy) is 2. The maximum absolute atomic E-state index is 12.5. The highest BCUT2D eigenvalue weighted by atomic mass is 16.5. The van der Waals surface area contributed by atoms with E-state index in [1.54, 1.807) is 11.0 Å². The molecule has 0 aromatic heterocycles. The van der Waals surface area contributed by atoms with Crippen LogP contribution in [0.4, 0.5) is 10.5 Å². The summed E-state index contributed by atoms with van der Waals surface area (Å²) in [7, 11) is 0. The van der Waals surface area contributed by atoms with E-state index < -0.39 is 0 Å². The molecule has 2 amide bonds. The molecule has 2 heterocycles. The fraction of sp³-hybridized carbons (Fsp3) is 0.579. The van der Waals surface area contributed by atoms with Crippen LogP contribution in [0, 0.1) is 11.3 Å². The molecule has 0 radical (unpaired) electrons. The molecule has 6 nitrogen and oxygen atoms in total. The minimum atomic E-state index is -0.111. The Balaban J connectivity index is 1.44. The molecule has 3 rings (SSSR count). The van der Waals surface area contributed by atoms with E-state index in [2.05, 4.69) is 11.4 Å². The number of carbonyl (C=O) groups is 1. The second kappa shape index (κ2) is 8.32. The molecule has 1 aromatic carbocycles. The Kier molecular flexibility index (Phi) is 5.90. The van der Waals surface area contributed by atoms with E-state index in [-0.39, 0.29) is 18.2 Å². The number of fused-ring (bicyclic) bond motifs is 1. The lowest BCUT2D eigenvalue weighted by Gasteiger charge is -2.23. The number of urea groups is 1. The number of anilines is 1. The fourth-order valence-corrected chi connectivity index (χ4v) is 3.50. The molecule has 0 spiro atoms. The molecular weight excluding hydrogens is 318 g/mol. The molecule has 2 atom stereocenters. The van der Waals surface area contributed by atoms with E-state index >= 15 is 0 Å². The molecule has 2 aliphatic rings. The lowest BCUT2D eigenvalue weighted by molar-refractivity contribution is 0.0168. The van der Waals surface area contributed by atoms with Gasteiger partial charge in [0.05, 0.1) is 30.0 Å². The Morgan fingerprint density at radius 1 is 1.52 bits per heavy atom. The number of benzene rings is 1. The summed E-state index contributed by atoms with van der Waals surface area (Å²) in [6.45, 7) is 4.67. The van der Waals surface area contributed by atoms with Crippen LogP contribution in [0.2, 0.25) is 0 Å². The van der Waals surface area contributed by atoms with Gasteiger partial charge in [-0.05, 0) is 50.3 Å². The molecule has 0 aliphatic carbocycles. The molecule has 2 unspecified atom stereocenters. The first-order valence-corrected chi connectivity index (χ1v) is 8.99. The standard InChI is InChI=1S/C19H25N3O3/c1-14-11-17-15(12-20)5-2-7-18(17)22(14)19(23)21-8-4-9-24-13-16-6-3-10-25-16/h2,5,7,14,16H,3-4,6,8-11,13H2,1H3,(H,21,23). The van der Waals surface area contributed by atoms with Crippen molar-refractivity contribution in [2.24, 2.45) is 0 Å². The largest absolute Gasteiger partial charge is 0.379 e. The van der Waals surface area contributed by atoms with Gasteiger partial charge in [0.25, 0.3) is 0 Å². The van der Waals surface area contributed by atoms with Gasteiger partial charge >= 0.3 is 6.03 Å². The van der Waals surface area contributed by atoms with Gasteiger partial charge < -0.3 is 14.8 Å². The third-order valence-electron chi connectivity index (χ3n) is 4.76. The summed E-state index contributed by atoms with van der Waals surface area (Å²) in [6, 6.07) is 7.70.